The molecule has 25 heavy (non-hydrogen) atoms. The first kappa shape index (κ1) is 19.8. The van der Waals surface area contributed by atoms with E-state index in [-0.39, 0.29) is 23.7 Å². The molecular weight excluding hydrogens is 332 g/mol. The summed E-state index contributed by atoms with van der Waals surface area (Å²) in [5.74, 6) is 1.03. The van der Waals surface area contributed by atoms with Crippen LogP contribution in [0.1, 0.15) is 37.8 Å². The van der Waals surface area contributed by atoms with Crippen LogP contribution in [-0.2, 0) is 9.59 Å². The van der Waals surface area contributed by atoms with Gasteiger partial charge in [-0.1, -0.05) is 19.9 Å². The number of carbonyl (C=O) groups excluding carboxylic acids is 2. The van der Waals surface area contributed by atoms with Crippen molar-refractivity contribution in [1.29, 1.82) is 0 Å². The molecule has 2 rings (SSSR count). The zero-order chi connectivity index (χ0) is 18.4. The summed E-state index contributed by atoms with van der Waals surface area (Å²) >= 11 is 1.76. The van der Waals surface area contributed by atoms with Crippen molar-refractivity contribution in [2.24, 2.45) is 11.8 Å². The third-order valence-corrected chi connectivity index (χ3v) is 5.74. The van der Waals surface area contributed by atoms with E-state index in [9.17, 15) is 9.59 Å². The molecule has 138 valence electrons. The van der Waals surface area contributed by atoms with Gasteiger partial charge < -0.3 is 10.2 Å². The van der Waals surface area contributed by atoms with Crippen LogP contribution >= 0.6 is 11.8 Å². The van der Waals surface area contributed by atoms with Gasteiger partial charge in [-0.2, -0.15) is 0 Å². The van der Waals surface area contributed by atoms with E-state index in [0.29, 0.717) is 13.1 Å². The molecule has 1 saturated heterocycles. The normalized spacial score (nSPS) is 17.6. The van der Waals surface area contributed by atoms with Crippen molar-refractivity contribution in [3.63, 3.8) is 0 Å². The predicted octanol–water partition coefficient (Wildman–Crippen LogP) is 3.41. The molecule has 1 aliphatic heterocycles. The van der Waals surface area contributed by atoms with E-state index < -0.39 is 0 Å². The Labute approximate surface area is 155 Å². The molecule has 1 N–H and O–H groups in total. The highest BCUT2D eigenvalue weighted by molar-refractivity contribution is 7.99. The molecule has 5 heteroatoms. The van der Waals surface area contributed by atoms with E-state index in [0.717, 1.165) is 25.1 Å². The maximum absolute atomic E-state index is 12.4. The molecule has 0 aliphatic carbocycles. The second kappa shape index (κ2) is 9.27. The van der Waals surface area contributed by atoms with Crippen molar-refractivity contribution in [2.75, 3.05) is 25.4 Å². The monoisotopic (exact) mass is 362 g/mol. The summed E-state index contributed by atoms with van der Waals surface area (Å²) < 4.78 is 0. The number of benzene rings is 1. The lowest BCUT2D eigenvalue weighted by molar-refractivity contribution is -0.138. The Morgan fingerprint density at radius 2 is 2.04 bits per heavy atom. The van der Waals surface area contributed by atoms with Crippen LogP contribution in [0.25, 0.3) is 0 Å². The summed E-state index contributed by atoms with van der Waals surface area (Å²) in [4.78, 5) is 27.6. The maximum atomic E-state index is 12.4. The van der Waals surface area contributed by atoms with Gasteiger partial charge in [0.1, 0.15) is 0 Å². The van der Waals surface area contributed by atoms with Gasteiger partial charge in [-0.3, -0.25) is 9.59 Å². The molecule has 2 amide bonds. The molecule has 1 aliphatic rings. The first-order valence-electron chi connectivity index (χ1n) is 9.15. The maximum Gasteiger partial charge on any atom is 0.225 e. The molecule has 0 aromatic heterocycles. The highest BCUT2D eigenvalue weighted by atomic mass is 32.2. The molecule has 1 heterocycles. The van der Waals surface area contributed by atoms with Crippen LogP contribution in [0.15, 0.2) is 23.1 Å². The van der Waals surface area contributed by atoms with Gasteiger partial charge in [0.2, 0.25) is 11.8 Å². The number of amides is 2. The molecule has 0 spiro atoms. The zero-order valence-electron chi connectivity index (χ0n) is 15.8. The quantitative estimate of drug-likeness (QED) is 0.623. The predicted molar refractivity (Wildman–Crippen MR) is 104 cm³/mol. The molecular formula is C20H30N2O2S. The number of nitrogens with one attached hydrogen (secondary N) is 1. The van der Waals surface area contributed by atoms with Gasteiger partial charge in [0.25, 0.3) is 0 Å². The highest BCUT2D eigenvalue weighted by Gasteiger charge is 2.29. The van der Waals surface area contributed by atoms with Gasteiger partial charge in [-0.25, -0.2) is 0 Å². The highest BCUT2D eigenvalue weighted by Crippen LogP contribution is 2.21. The molecule has 4 nitrogen and oxygen atoms in total. The van der Waals surface area contributed by atoms with Gasteiger partial charge in [-0.15, -0.1) is 11.8 Å². The molecule has 1 aromatic rings. The molecule has 1 fully saturated rings. The summed E-state index contributed by atoms with van der Waals surface area (Å²) in [7, 11) is 0. The first-order chi connectivity index (χ1) is 11.9. The Bertz CT molecular complexity index is 616. The van der Waals surface area contributed by atoms with Crippen molar-refractivity contribution >= 4 is 23.6 Å². The van der Waals surface area contributed by atoms with E-state index in [1.165, 1.54) is 16.0 Å². The van der Waals surface area contributed by atoms with Gasteiger partial charge in [0, 0.05) is 36.2 Å². The second-order valence-electron chi connectivity index (χ2n) is 7.16. The Balaban J connectivity index is 1.74. The number of thioether (sulfide) groups is 1. The Morgan fingerprint density at radius 3 is 2.72 bits per heavy atom. The number of hydrogen-bond acceptors (Lipinski definition) is 3. The summed E-state index contributed by atoms with van der Waals surface area (Å²) in [6.07, 6.45) is 1.78. The third kappa shape index (κ3) is 5.77. The van der Waals surface area contributed by atoms with Crippen LogP contribution in [0.4, 0.5) is 0 Å². The van der Waals surface area contributed by atoms with Crippen LogP contribution in [-0.4, -0.2) is 42.1 Å². The number of piperidine rings is 1. The Hall–Kier alpha value is -1.49. The molecule has 0 bridgehead atoms. The molecule has 0 unspecified atom stereocenters. The van der Waals surface area contributed by atoms with Crippen molar-refractivity contribution in [3.8, 4) is 0 Å². The van der Waals surface area contributed by atoms with Crippen molar-refractivity contribution < 1.29 is 9.59 Å². The molecule has 1 aromatic carbocycles. The molecule has 0 radical (unpaired) electrons. The fourth-order valence-corrected chi connectivity index (χ4v) is 3.91. The van der Waals surface area contributed by atoms with Crippen LogP contribution < -0.4 is 5.32 Å². The van der Waals surface area contributed by atoms with E-state index >= 15 is 0 Å². The third-order valence-electron chi connectivity index (χ3n) is 4.75. The minimum atomic E-state index is -0.0666. The SMILES string of the molecule is Cc1ccc(SCCNC(=O)[C@@H]2CCCN(C(=O)C(C)C)C2)cc1C. The lowest BCUT2D eigenvalue weighted by Gasteiger charge is -2.33. The van der Waals surface area contributed by atoms with E-state index in [1.54, 1.807) is 11.8 Å². The van der Waals surface area contributed by atoms with Crippen LogP contribution in [0.5, 0.6) is 0 Å². The molecule has 0 saturated carbocycles. The van der Waals surface area contributed by atoms with E-state index in [4.69, 9.17) is 0 Å². The van der Waals surface area contributed by atoms with Gasteiger partial charge >= 0.3 is 0 Å². The van der Waals surface area contributed by atoms with Crippen molar-refractivity contribution in [1.82, 2.24) is 10.2 Å². The number of carbonyl (C=O) groups is 2. The molecule has 1 atom stereocenters. The number of aryl methyl sites for hydroxylation is 2. The zero-order valence-corrected chi connectivity index (χ0v) is 16.6. The largest absolute Gasteiger partial charge is 0.355 e. The minimum Gasteiger partial charge on any atom is -0.355 e. The fraction of sp³-hybridized carbons (Fsp3) is 0.600. The standard InChI is InChI=1S/C20H30N2O2S/c1-14(2)20(24)22-10-5-6-17(13-22)19(23)21-9-11-25-18-8-7-15(3)16(4)12-18/h7-8,12,14,17H,5-6,9-11,13H2,1-4H3,(H,21,23)/t17-/m1/s1. The number of rotatable bonds is 6. The number of likely N-dealkylation sites (tertiary alicyclic amines) is 1. The van der Waals surface area contributed by atoms with Crippen LogP contribution in [0.3, 0.4) is 0 Å². The topological polar surface area (TPSA) is 49.4 Å². The Morgan fingerprint density at radius 1 is 1.28 bits per heavy atom. The lowest BCUT2D eigenvalue weighted by Crippen LogP contribution is -2.46. The summed E-state index contributed by atoms with van der Waals surface area (Å²) in [5.41, 5.74) is 2.60. The van der Waals surface area contributed by atoms with Gasteiger partial charge in [-0.05, 0) is 49.9 Å². The van der Waals surface area contributed by atoms with Gasteiger partial charge in [0.15, 0.2) is 0 Å². The average Bonchev–Trinajstić information content (AvgIpc) is 2.60. The van der Waals surface area contributed by atoms with Crippen LogP contribution in [0.2, 0.25) is 0 Å². The first-order valence-corrected chi connectivity index (χ1v) is 10.1. The summed E-state index contributed by atoms with van der Waals surface area (Å²) in [6, 6.07) is 6.46. The Kier molecular flexibility index (Phi) is 7.36. The minimum absolute atomic E-state index is 0.00354. The summed E-state index contributed by atoms with van der Waals surface area (Å²) in [6.45, 7) is 10.1. The van der Waals surface area contributed by atoms with Crippen molar-refractivity contribution in [2.45, 2.75) is 45.4 Å². The van der Waals surface area contributed by atoms with Crippen molar-refractivity contribution in [3.05, 3.63) is 29.3 Å². The van der Waals surface area contributed by atoms with Crippen LogP contribution in [0, 0.1) is 25.7 Å². The second-order valence-corrected chi connectivity index (χ2v) is 8.33. The smallest absolute Gasteiger partial charge is 0.225 e. The lowest BCUT2D eigenvalue weighted by atomic mass is 9.96. The average molecular weight is 363 g/mol. The number of hydrogen-bond donors (Lipinski definition) is 1. The summed E-state index contributed by atoms with van der Waals surface area (Å²) in [5, 5.41) is 3.04. The fourth-order valence-electron chi connectivity index (χ4n) is 3.05. The van der Waals surface area contributed by atoms with E-state index in [1.807, 2.05) is 18.7 Å². The number of nitrogens with zero attached hydrogens (tertiary/aromatic N) is 1. The van der Waals surface area contributed by atoms with Gasteiger partial charge in [0.05, 0.1) is 5.92 Å². The van der Waals surface area contributed by atoms with E-state index in [2.05, 4.69) is 37.4 Å².